The maximum Gasteiger partial charge on any atom is 0.457 e. The van der Waals surface area contributed by atoms with Crippen LogP contribution in [-0.4, -0.2) is 424 Å². The van der Waals surface area contributed by atoms with Gasteiger partial charge in [-0.1, -0.05) is 34.9 Å². The number of ether oxygens (including phenoxy) is 21. The maximum absolute atomic E-state index is 14.3. The van der Waals surface area contributed by atoms with Crippen LogP contribution in [0.2, 0.25) is 6.32 Å². The molecule has 7 fully saturated rings. The molecule has 7 aliphatic heterocycles. The lowest BCUT2D eigenvalue weighted by Crippen LogP contribution is -2.66. The van der Waals surface area contributed by atoms with Crippen LogP contribution in [0.15, 0.2) is 18.6 Å². The SMILES string of the molecule is CC(=O)N[C@H]1[C@H]2OC[C@@](COCCOCCOCCOCCn3cc(COCC(COCc4cn(CCOCCOCCOCCOC[C@]56CO[C@@H](O5)[C@H](NC(C)=O)[C@@H](O)[C@H]6O)nn4)(COCc4cn(CCOCCOCCOCCOC[C@]56CO[C@@H](O5)[C@H](NC(C)=O)[C@@H](O)[C@H]6O)nn4)NC(=O)CCCCCNC(=O)CCCCCB4OC(C)(C)C(C)(C)O4)nn3)(O2)[C@H](O)[C@@H]1O. The summed E-state index contributed by atoms with van der Waals surface area (Å²) < 4.78 is 139. The zero-order chi connectivity index (χ0) is 93.5. The number of fused-ring (bicyclic) bond motifs is 6. The lowest BCUT2D eigenvalue weighted by atomic mass is 9.82. The summed E-state index contributed by atoms with van der Waals surface area (Å²) in [6, 6.07) is -2.74. The fourth-order valence-corrected chi connectivity index (χ4v) is 15.4. The van der Waals surface area contributed by atoms with Crippen LogP contribution >= 0.6 is 0 Å². The van der Waals surface area contributed by atoms with E-state index in [-0.39, 0.29) is 175 Å². The summed E-state index contributed by atoms with van der Waals surface area (Å²) in [6.45, 7) is 18.6. The van der Waals surface area contributed by atoms with E-state index in [2.05, 4.69) is 57.5 Å². The predicted molar refractivity (Wildman–Crippen MR) is 450 cm³/mol. The van der Waals surface area contributed by atoms with E-state index in [1.54, 1.807) is 32.6 Å². The van der Waals surface area contributed by atoms with Crippen molar-refractivity contribution >= 4 is 36.7 Å². The molecule has 744 valence electrons. The van der Waals surface area contributed by atoms with Crippen LogP contribution in [0.25, 0.3) is 0 Å². The molecule has 6 bridgehead atoms. The summed E-state index contributed by atoms with van der Waals surface area (Å²) in [7, 11) is -0.267. The highest BCUT2D eigenvalue weighted by atomic mass is 16.8. The first-order chi connectivity index (χ1) is 63.1. The van der Waals surface area contributed by atoms with Crippen molar-refractivity contribution in [1.29, 1.82) is 0 Å². The van der Waals surface area contributed by atoms with E-state index < -0.39 is 114 Å². The van der Waals surface area contributed by atoms with Crippen molar-refractivity contribution in [3.63, 3.8) is 0 Å². The third-order valence-electron chi connectivity index (χ3n) is 23.1. The molecular weight excluding hydrogens is 1740 g/mol. The molecule has 0 unspecified atom stereocenters. The number of unbranched alkanes of at least 4 members (excludes halogenated alkanes) is 4. The van der Waals surface area contributed by atoms with Crippen molar-refractivity contribution in [2.45, 2.75) is 253 Å². The van der Waals surface area contributed by atoms with Gasteiger partial charge in [-0.25, -0.2) is 14.0 Å². The van der Waals surface area contributed by atoms with Crippen LogP contribution in [0, 0.1) is 0 Å². The highest BCUT2D eigenvalue weighted by molar-refractivity contribution is 6.45. The molecule has 3 aromatic rings. The third kappa shape index (κ3) is 33.8. The van der Waals surface area contributed by atoms with Gasteiger partial charge in [-0.15, -0.1) is 15.3 Å². The van der Waals surface area contributed by atoms with Gasteiger partial charge in [0.05, 0.1) is 267 Å². The first-order valence-electron chi connectivity index (χ1n) is 45.2. The fraction of sp³-hybridized carbons (Fsp3) is 0.866. The van der Waals surface area contributed by atoms with Gasteiger partial charge in [0.2, 0.25) is 29.5 Å². The van der Waals surface area contributed by atoms with E-state index in [9.17, 15) is 54.6 Å². The van der Waals surface area contributed by atoms with Crippen LogP contribution < -0.4 is 26.6 Å². The molecule has 10 rings (SSSR count). The molecule has 5 amide bonds. The summed E-state index contributed by atoms with van der Waals surface area (Å²) in [5.41, 5.74) is -4.45. The van der Waals surface area contributed by atoms with Crippen LogP contribution in [0.1, 0.15) is 117 Å². The molecule has 10 heterocycles. The predicted octanol–water partition coefficient (Wildman–Crippen LogP) is -4.15. The molecule has 0 spiro atoms. The van der Waals surface area contributed by atoms with Crippen molar-refractivity contribution in [2.24, 2.45) is 0 Å². The Labute approximate surface area is 761 Å². The minimum atomic E-state index is -1.35. The summed E-state index contributed by atoms with van der Waals surface area (Å²) >= 11 is 0. The number of aromatic nitrogens is 9. The van der Waals surface area contributed by atoms with Crippen molar-refractivity contribution in [1.82, 2.24) is 71.6 Å². The smallest absolute Gasteiger partial charge is 0.403 e. The normalized spacial score (nSPS) is 26.5. The molecule has 15 atom stereocenters. The van der Waals surface area contributed by atoms with Gasteiger partial charge in [-0.2, -0.15) is 0 Å². The van der Waals surface area contributed by atoms with Gasteiger partial charge >= 0.3 is 7.12 Å². The molecule has 7 saturated heterocycles. The van der Waals surface area contributed by atoms with Gasteiger partial charge in [-0.05, 0) is 53.3 Å². The monoisotopic (exact) mass is 1870 g/mol. The number of aliphatic hydroxyl groups excluding tert-OH is 6. The number of hydrogen-bond donors (Lipinski definition) is 11. The number of hydrogen-bond acceptors (Lipinski definition) is 40. The van der Waals surface area contributed by atoms with Crippen LogP contribution in [0.3, 0.4) is 0 Å². The van der Waals surface area contributed by atoms with E-state index in [1.807, 2.05) is 27.7 Å². The first-order valence-corrected chi connectivity index (χ1v) is 45.2. The molecule has 0 aliphatic carbocycles. The lowest BCUT2D eigenvalue weighted by Gasteiger charge is -2.42. The molecule has 0 aromatic carbocycles. The van der Waals surface area contributed by atoms with Gasteiger partial charge < -0.3 is 166 Å². The topological polar surface area (TPSA) is 571 Å². The molecule has 131 heavy (non-hydrogen) atoms. The maximum atomic E-state index is 14.3. The Morgan fingerprint density at radius 2 is 0.702 bits per heavy atom. The van der Waals surface area contributed by atoms with Gasteiger partial charge in [0.25, 0.3) is 0 Å². The Morgan fingerprint density at radius 3 is 1.02 bits per heavy atom. The molecule has 3 aromatic heterocycles. The van der Waals surface area contributed by atoms with Crippen molar-refractivity contribution in [3.05, 3.63) is 35.7 Å². The van der Waals surface area contributed by atoms with Crippen LogP contribution in [-0.2, 0) is 172 Å². The van der Waals surface area contributed by atoms with Gasteiger partial charge in [0.15, 0.2) is 18.9 Å². The molecule has 0 radical (unpaired) electrons. The Balaban J connectivity index is 0.655. The van der Waals surface area contributed by atoms with Gasteiger partial charge in [0, 0.05) is 40.2 Å². The van der Waals surface area contributed by atoms with Crippen molar-refractivity contribution < 1.29 is 163 Å². The van der Waals surface area contributed by atoms with Gasteiger partial charge in [-0.3, -0.25) is 24.0 Å². The number of carbonyl (C=O) groups is 5. The molecular formula is C82H139BN14O34. The lowest BCUT2D eigenvalue weighted by molar-refractivity contribution is -0.238. The zero-order valence-electron chi connectivity index (χ0n) is 76.4. The second kappa shape index (κ2) is 54.6. The summed E-state index contributed by atoms with van der Waals surface area (Å²) in [5.74, 6) is -1.50. The van der Waals surface area contributed by atoms with E-state index in [4.69, 9.17) is 109 Å². The number of carbonyl (C=O) groups excluding carboxylic acids is 5. The minimum absolute atomic E-state index is 0.0172. The van der Waals surface area contributed by atoms with E-state index in [0.717, 1.165) is 25.6 Å². The van der Waals surface area contributed by atoms with Crippen LogP contribution in [0.5, 0.6) is 0 Å². The minimum Gasteiger partial charge on any atom is -0.403 e. The summed E-state index contributed by atoms with van der Waals surface area (Å²) in [4.78, 5) is 62.0. The Kier molecular flexibility index (Phi) is 44.5. The fourth-order valence-electron chi connectivity index (χ4n) is 15.4. The molecule has 0 saturated carbocycles. The van der Waals surface area contributed by atoms with E-state index in [1.165, 1.54) is 20.8 Å². The van der Waals surface area contributed by atoms with E-state index >= 15 is 0 Å². The van der Waals surface area contributed by atoms with Crippen LogP contribution in [0.4, 0.5) is 0 Å². The number of aliphatic hydroxyl groups is 6. The second-order valence-corrected chi connectivity index (χ2v) is 34.4. The van der Waals surface area contributed by atoms with Crippen molar-refractivity contribution in [3.8, 4) is 0 Å². The number of nitrogens with zero attached hydrogens (tertiary/aromatic N) is 9. The summed E-state index contributed by atoms with van der Waals surface area (Å²) in [5, 5.41) is 104. The average Bonchev–Trinajstić information content (AvgIpc) is 1.61. The molecule has 49 heteroatoms. The largest absolute Gasteiger partial charge is 0.457 e. The Morgan fingerprint density at radius 1 is 0.405 bits per heavy atom. The molecule has 7 aliphatic rings. The molecule has 11 N–H and O–H groups in total. The standard InChI is InChI=1S/C82H139BN14O34/c1-57(98)85-65-68(103)71(106)80(54-124-74(65)127-80)51-118-39-36-115-33-30-112-27-24-109-21-18-95-42-60(89-92-95)45-121-48-79(88-64(102)15-11-9-13-17-84-63(101)14-10-8-12-16-83-130-77(4,5)78(6,7)131-83,49-122-46-61-43-96(93-90-61)19-22-110-25-28-113-31-34-116-37-40-119-52-81-55-125-75(128-81)66(86-58(2)99)69(104)72(81)107)50-123-47-62-44-97(94-91-62)20-23-111-26-29-114-32-35-117-38-41-120-53-82-56-126-76(129-82)67(87-59(3)100)70(105)73(82)108/h42-44,65-76,103-108H,8-41,45-56H2,1-7H3,(H,84,101)(H,85,98)(H,86,99)(H,87,100)(H,88,102)/t65-,66-,67-,68-,69-,70-,71-,72-,73-,74+,75+,76+,80-,81-,82-/m1/s1. The van der Waals surface area contributed by atoms with Crippen molar-refractivity contribution in [2.75, 3.05) is 205 Å². The number of rotatable bonds is 70. The highest BCUT2D eigenvalue weighted by Gasteiger charge is 2.62. The molecule has 48 nitrogen and oxygen atoms in total. The third-order valence-corrected chi connectivity index (χ3v) is 23.1. The quantitative estimate of drug-likeness (QED) is 0.0189. The second-order valence-electron chi connectivity index (χ2n) is 34.4. The highest BCUT2D eigenvalue weighted by Crippen LogP contribution is 2.41. The zero-order valence-corrected chi connectivity index (χ0v) is 76.4. The summed E-state index contributed by atoms with van der Waals surface area (Å²) in [6.07, 6.45) is 0.0819. The number of amides is 5. The van der Waals surface area contributed by atoms with E-state index in [0.29, 0.717) is 148 Å². The van der Waals surface area contributed by atoms with Gasteiger partial charge in [0.1, 0.15) is 94.2 Å². The first kappa shape index (κ1) is 107. The number of nitrogens with one attached hydrogen (secondary N) is 5. The average molecular weight is 1880 g/mol. The Hall–Kier alpha value is -6.33. The Bertz CT molecular complexity index is 3510.